The van der Waals surface area contributed by atoms with Gasteiger partial charge in [-0.3, -0.25) is 0 Å². The molecule has 28 heavy (non-hydrogen) atoms. The summed E-state index contributed by atoms with van der Waals surface area (Å²) >= 11 is 0. The van der Waals surface area contributed by atoms with E-state index in [1.54, 1.807) is 18.2 Å². The Morgan fingerprint density at radius 2 is 1.75 bits per heavy atom. The summed E-state index contributed by atoms with van der Waals surface area (Å²) in [5.41, 5.74) is 1.74. The Hall–Kier alpha value is -2.64. The van der Waals surface area contributed by atoms with Crippen molar-refractivity contribution in [3.05, 3.63) is 65.7 Å². The van der Waals surface area contributed by atoms with E-state index in [-0.39, 0.29) is 17.4 Å². The fourth-order valence-corrected chi connectivity index (χ4v) is 5.39. The summed E-state index contributed by atoms with van der Waals surface area (Å²) in [6.07, 6.45) is 2.34. The van der Waals surface area contributed by atoms with E-state index < -0.39 is 22.1 Å². The van der Waals surface area contributed by atoms with Crippen molar-refractivity contribution in [1.29, 1.82) is 5.26 Å². The summed E-state index contributed by atoms with van der Waals surface area (Å²) in [4.78, 5) is 0.123. The van der Waals surface area contributed by atoms with Crippen LogP contribution in [0.5, 0.6) is 0 Å². The molecule has 4 rings (SSSR count). The SMILES string of the molecule is N#C[C@@H]1[C@@H](c2ccc(C#CC3CC3)cc2)[C@H](CO)N1S(=O)(=O)c1ccccc1. The van der Waals surface area contributed by atoms with E-state index in [2.05, 4.69) is 17.9 Å². The number of benzene rings is 2. The zero-order chi connectivity index (χ0) is 19.7. The molecule has 1 heterocycles. The van der Waals surface area contributed by atoms with Crippen molar-refractivity contribution in [2.45, 2.75) is 35.7 Å². The first-order valence-electron chi connectivity index (χ1n) is 9.27. The van der Waals surface area contributed by atoms with Crippen molar-refractivity contribution < 1.29 is 13.5 Å². The lowest BCUT2D eigenvalue weighted by Crippen LogP contribution is -2.64. The average molecular weight is 392 g/mol. The van der Waals surface area contributed by atoms with Crippen molar-refractivity contribution in [1.82, 2.24) is 4.31 Å². The molecule has 0 amide bonds. The van der Waals surface area contributed by atoms with Crippen LogP contribution in [0, 0.1) is 29.1 Å². The van der Waals surface area contributed by atoms with E-state index in [0.29, 0.717) is 5.92 Å². The fraction of sp³-hybridized carbons (Fsp3) is 0.318. The lowest BCUT2D eigenvalue weighted by molar-refractivity contribution is 0.0557. The van der Waals surface area contributed by atoms with Gasteiger partial charge < -0.3 is 5.11 Å². The van der Waals surface area contributed by atoms with Crippen LogP contribution in [0.3, 0.4) is 0 Å². The molecule has 142 valence electrons. The van der Waals surface area contributed by atoms with E-state index in [1.165, 1.54) is 25.0 Å². The summed E-state index contributed by atoms with van der Waals surface area (Å²) in [6.45, 7) is -0.349. The first-order valence-corrected chi connectivity index (χ1v) is 10.7. The van der Waals surface area contributed by atoms with Gasteiger partial charge in [-0.05, 0) is 42.7 Å². The van der Waals surface area contributed by atoms with E-state index in [4.69, 9.17) is 0 Å². The van der Waals surface area contributed by atoms with Crippen LogP contribution in [0.25, 0.3) is 0 Å². The summed E-state index contributed by atoms with van der Waals surface area (Å²) in [6, 6.07) is 16.1. The number of hydrogen-bond acceptors (Lipinski definition) is 4. The van der Waals surface area contributed by atoms with E-state index >= 15 is 0 Å². The molecule has 2 aromatic rings. The molecule has 2 aromatic carbocycles. The molecule has 0 aromatic heterocycles. The molecular weight excluding hydrogens is 372 g/mol. The van der Waals surface area contributed by atoms with Crippen LogP contribution < -0.4 is 0 Å². The third-order valence-electron chi connectivity index (χ3n) is 5.29. The Bertz CT molecular complexity index is 1060. The fourth-order valence-electron chi connectivity index (χ4n) is 3.61. The molecule has 0 spiro atoms. The summed E-state index contributed by atoms with van der Waals surface area (Å²) < 4.78 is 27.1. The maximum Gasteiger partial charge on any atom is 0.244 e. The minimum atomic E-state index is -3.86. The maximum absolute atomic E-state index is 13.0. The molecule has 5 nitrogen and oxygen atoms in total. The van der Waals surface area contributed by atoms with Gasteiger partial charge in [0, 0.05) is 17.4 Å². The van der Waals surface area contributed by atoms with Crippen molar-refractivity contribution in [2.75, 3.05) is 6.61 Å². The van der Waals surface area contributed by atoms with Crippen LogP contribution in [-0.2, 0) is 10.0 Å². The second kappa shape index (κ2) is 7.41. The smallest absolute Gasteiger partial charge is 0.244 e. The predicted molar refractivity (Wildman–Crippen MR) is 105 cm³/mol. The van der Waals surface area contributed by atoms with Crippen LogP contribution in [0.4, 0.5) is 0 Å². The normalized spacial score (nSPS) is 24.5. The Morgan fingerprint density at radius 3 is 2.32 bits per heavy atom. The molecule has 1 aliphatic carbocycles. The van der Waals surface area contributed by atoms with Crippen LogP contribution >= 0.6 is 0 Å². The third kappa shape index (κ3) is 3.31. The first-order chi connectivity index (χ1) is 13.6. The van der Waals surface area contributed by atoms with E-state index in [9.17, 15) is 18.8 Å². The van der Waals surface area contributed by atoms with Crippen molar-refractivity contribution >= 4 is 10.0 Å². The zero-order valence-corrected chi connectivity index (χ0v) is 16.0. The molecule has 0 radical (unpaired) electrons. The molecular formula is C22H20N2O3S. The van der Waals surface area contributed by atoms with Crippen molar-refractivity contribution in [3.8, 4) is 17.9 Å². The third-order valence-corrected chi connectivity index (χ3v) is 7.21. The van der Waals surface area contributed by atoms with Gasteiger partial charge in [-0.15, -0.1) is 0 Å². The van der Waals surface area contributed by atoms with Crippen LogP contribution in [0.2, 0.25) is 0 Å². The topological polar surface area (TPSA) is 81.4 Å². The van der Waals surface area contributed by atoms with Crippen molar-refractivity contribution in [2.24, 2.45) is 5.92 Å². The molecule has 0 bridgehead atoms. The molecule has 1 N–H and O–H groups in total. The highest BCUT2D eigenvalue weighted by atomic mass is 32.2. The Labute approximate surface area is 165 Å². The number of rotatable bonds is 4. The molecule has 1 saturated carbocycles. The average Bonchev–Trinajstić information content (AvgIpc) is 3.52. The number of aliphatic hydroxyl groups is 1. The number of sulfonamides is 1. The number of aliphatic hydroxyl groups excluding tert-OH is 1. The summed E-state index contributed by atoms with van der Waals surface area (Å²) in [5, 5.41) is 19.5. The number of hydrogen-bond donors (Lipinski definition) is 1. The van der Waals surface area contributed by atoms with E-state index in [0.717, 1.165) is 15.4 Å². The summed E-state index contributed by atoms with van der Waals surface area (Å²) in [5.74, 6) is 6.49. The van der Waals surface area contributed by atoms with Gasteiger partial charge in [0.15, 0.2) is 0 Å². The molecule has 1 saturated heterocycles. The molecule has 0 unspecified atom stereocenters. The molecule has 1 aliphatic heterocycles. The predicted octanol–water partition coefficient (Wildman–Crippen LogP) is 2.49. The van der Waals surface area contributed by atoms with Gasteiger partial charge >= 0.3 is 0 Å². The Morgan fingerprint density at radius 1 is 1.07 bits per heavy atom. The quantitative estimate of drug-likeness (QED) is 0.811. The van der Waals surface area contributed by atoms with Crippen LogP contribution in [0.1, 0.15) is 29.9 Å². The van der Waals surface area contributed by atoms with Crippen LogP contribution in [0.15, 0.2) is 59.5 Å². The molecule has 3 atom stereocenters. The van der Waals surface area contributed by atoms with Gasteiger partial charge in [-0.1, -0.05) is 42.2 Å². The number of nitrogens with zero attached hydrogens (tertiary/aromatic N) is 2. The summed E-state index contributed by atoms with van der Waals surface area (Å²) in [7, 11) is -3.86. The maximum atomic E-state index is 13.0. The van der Waals surface area contributed by atoms with Gasteiger partial charge in [-0.2, -0.15) is 9.57 Å². The highest BCUT2D eigenvalue weighted by Crippen LogP contribution is 2.43. The largest absolute Gasteiger partial charge is 0.395 e. The standard InChI is InChI=1S/C22H20N2O3S/c23-14-20-22(18-12-10-17(11-13-18)9-8-16-6-7-16)21(15-25)24(20)28(26,27)19-4-2-1-3-5-19/h1-5,10-13,16,20-22,25H,6-7,15H2/t20-,21+,22-/m1/s1. The van der Waals surface area contributed by atoms with Crippen LogP contribution in [-0.4, -0.2) is 36.5 Å². The zero-order valence-electron chi connectivity index (χ0n) is 15.2. The van der Waals surface area contributed by atoms with Gasteiger partial charge in [-0.25, -0.2) is 8.42 Å². The minimum Gasteiger partial charge on any atom is -0.395 e. The molecule has 6 heteroatoms. The highest BCUT2D eigenvalue weighted by molar-refractivity contribution is 7.89. The molecule has 2 aliphatic rings. The molecule has 2 fully saturated rings. The number of nitriles is 1. The minimum absolute atomic E-state index is 0.123. The second-order valence-electron chi connectivity index (χ2n) is 7.16. The van der Waals surface area contributed by atoms with E-state index in [1.807, 2.05) is 24.3 Å². The Kier molecular flexibility index (Phi) is 4.95. The lowest BCUT2D eigenvalue weighted by Gasteiger charge is -2.50. The van der Waals surface area contributed by atoms with Gasteiger partial charge in [0.1, 0.15) is 6.04 Å². The van der Waals surface area contributed by atoms with Gasteiger partial charge in [0.2, 0.25) is 10.0 Å². The van der Waals surface area contributed by atoms with Gasteiger partial charge in [0.25, 0.3) is 0 Å². The lowest BCUT2D eigenvalue weighted by atomic mass is 9.78. The van der Waals surface area contributed by atoms with Crippen molar-refractivity contribution in [3.63, 3.8) is 0 Å². The monoisotopic (exact) mass is 392 g/mol. The first kappa shape index (κ1) is 18.7. The van der Waals surface area contributed by atoms with Gasteiger partial charge in [0.05, 0.1) is 23.6 Å². The highest BCUT2D eigenvalue weighted by Gasteiger charge is 2.55. The second-order valence-corrected chi connectivity index (χ2v) is 9.01. The Balaban J connectivity index is 1.61.